The fraction of sp³-hybridized carbons (Fsp3) is 0.179. The van der Waals surface area contributed by atoms with E-state index >= 15 is 0 Å². The number of benzene rings is 2. The van der Waals surface area contributed by atoms with Crippen LogP contribution in [-0.2, 0) is 11.3 Å². The van der Waals surface area contributed by atoms with Gasteiger partial charge in [0.1, 0.15) is 5.60 Å². The van der Waals surface area contributed by atoms with E-state index in [9.17, 15) is 14.7 Å². The maximum Gasteiger partial charge on any atom is 0.412 e. The van der Waals surface area contributed by atoms with Gasteiger partial charge in [-0.15, -0.1) is 11.3 Å². The second-order valence-corrected chi connectivity index (χ2v) is 10.3. The van der Waals surface area contributed by atoms with Crippen molar-refractivity contribution in [2.24, 2.45) is 0 Å². The first-order valence-electron chi connectivity index (χ1n) is 11.4. The van der Waals surface area contributed by atoms with Gasteiger partial charge in [-0.25, -0.2) is 4.79 Å². The first-order chi connectivity index (χ1) is 17.2. The van der Waals surface area contributed by atoms with Crippen LogP contribution in [-0.4, -0.2) is 27.7 Å². The zero-order chi connectivity index (χ0) is 25.7. The van der Waals surface area contributed by atoms with Crippen LogP contribution in [0.4, 0.5) is 16.2 Å². The summed E-state index contributed by atoms with van der Waals surface area (Å²) in [5.74, 6) is -0.320. The SMILES string of the molecule is CC(C)(C)OC(=O)Nc1ccc(-c2ccc(CO)s2)cc1NC(=O)c1ccc(-c2cccnc2)cc1. The lowest BCUT2D eigenvalue weighted by Crippen LogP contribution is -2.27. The number of carbonyl (C=O) groups excluding carboxylic acids is 2. The number of ether oxygens (including phenoxy) is 1. The molecule has 2 amide bonds. The van der Waals surface area contributed by atoms with Gasteiger partial charge in [0.05, 0.1) is 18.0 Å². The van der Waals surface area contributed by atoms with Crippen LogP contribution in [0.25, 0.3) is 21.6 Å². The fourth-order valence-corrected chi connectivity index (χ4v) is 4.35. The van der Waals surface area contributed by atoms with Crippen molar-refractivity contribution in [1.29, 1.82) is 0 Å². The lowest BCUT2D eigenvalue weighted by atomic mass is 10.1. The highest BCUT2D eigenvalue weighted by atomic mass is 32.1. The standard InChI is InChI=1S/C28H27N3O4S/c1-28(2,3)35-27(34)31-23-12-10-20(25-13-11-22(17-32)36-25)15-24(23)30-26(33)19-8-6-18(7-9-19)21-5-4-14-29-16-21/h4-16,32H,17H2,1-3H3,(H,30,33)(H,31,34). The van der Waals surface area contributed by atoms with Crippen LogP contribution in [0, 0.1) is 0 Å². The fourth-order valence-electron chi connectivity index (χ4n) is 3.48. The molecule has 7 nitrogen and oxygen atoms in total. The van der Waals surface area contributed by atoms with E-state index in [0.717, 1.165) is 26.4 Å². The molecule has 0 fully saturated rings. The molecule has 184 valence electrons. The van der Waals surface area contributed by atoms with E-state index in [1.54, 1.807) is 57.4 Å². The highest BCUT2D eigenvalue weighted by molar-refractivity contribution is 7.15. The second-order valence-electron chi connectivity index (χ2n) is 9.08. The molecular weight excluding hydrogens is 474 g/mol. The number of carbonyl (C=O) groups is 2. The zero-order valence-electron chi connectivity index (χ0n) is 20.2. The van der Waals surface area contributed by atoms with Crippen molar-refractivity contribution in [2.45, 2.75) is 33.0 Å². The Bertz CT molecular complexity index is 1360. The first-order valence-corrected chi connectivity index (χ1v) is 12.2. The van der Waals surface area contributed by atoms with Gasteiger partial charge < -0.3 is 15.2 Å². The summed E-state index contributed by atoms with van der Waals surface area (Å²) in [6.07, 6.45) is 2.86. The molecule has 0 saturated carbocycles. The maximum absolute atomic E-state index is 13.1. The van der Waals surface area contributed by atoms with Gasteiger partial charge in [0.2, 0.25) is 0 Å². The molecule has 0 aliphatic heterocycles. The monoisotopic (exact) mass is 501 g/mol. The predicted octanol–water partition coefficient (Wildman–Crippen LogP) is 6.57. The van der Waals surface area contributed by atoms with Gasteiger partial charge in [-0.05, 0) is 79.9 Å². The van der Waals surface area contributed by atoms with Crippen LogP contribution >= 0.6 is 11.3 Å². The van der Waals surface area contributed by atoms with Crippen LogP contribution in [0.3, 0.4) is 0 Å². The smallest absolute Gasteiger partial charge is 0.412 e. The molecule has 0 aliphatic rings. The van der Waals surface area contributed by atoms with Crippen molar-refractivity contribution in [1.82, 2.24) is 4.98 Å². The minimum atomic E-state index is -0.666. The molecule has 4 aromatic rings. The van der Waals surface area contributed by atoms with E-state index < -0.39 is 11.7 Å². The van der Waals surface area contributed by atoms with Crippen LogP contribution in [0.1, 0.15) is 36.0 Å². The highest BCUT2D eigenvalue weighted by Gasteiger charge is 2.19. The van der Waals surface area contributed by atoms with Gasteiger partial charge in [0.25, 0.3) is 5.91 Å². The summed E-state index contributed by atoms with van der Waals surface area (Å²) in [7, 11) is 0. The van der Waals surface area contributed by atoms with Gasteiger partial charge in [0, 0.05) is 27.7 Å². The third kappa shape index (κ3) is 6.35. The molecule has 0 unspecified atom stereocenters. The van der Waals surface area contributed by atoms with Crippen molar-refractivity contribution in [3.05, 3.63) is 89.6 Å². The molecule has 2 heterocycles. The number of pyridine rings is 1. The topological polar surface area (TPSA) is 101 Å². The van der Waals surface area contributed by atoms with Crippen LogP contribution in [0.5, 0.6) is 0 Å². The Morgan fingerprint density at radius 1 is 0.917 bits per heavy atom. The number of hydrogen-bond acceptors (Lipinski definition) is 6. The molecule has 0 bridgehead atoms. The molecule has 0 atom stereocenters. The number of hydrogen-bond donors (Lipinski definition) is 3. The number of amides is 2. The number of aliphatic hydroxyl groups is 1. The molecule has 0 radical (unpaired) electrons. The Kier molecular flexibility index (Phi) is 7.47. The number of aliphatic hydroxyl groups excluding tert-OH is 1. The summed E-state index contributed by atoms with van der Waals surface area (Å²) in [4.78, 5) is 31.5. The molecular formula is C28H27N3O4S. The Hall–Kier alpha value is -4.01. The molecule has 8 heteroatoms. The third-order valence-electron chi connectivity index (χ3n) is 5.15. The number of anilines is 2. The molecule has 0 saturated heterocycles. The quantitative estimate of drug-likeness (QED) is 0.277. The van der Waals surface area contributed by atoms with Crippen molar-refractivity contribution in [3.8, 4) is 21.6 Å². The average Bonchev–Trinajstić information content (AvgIpc) is 3.34. The molecule has 0 spiro atoms. The van der Waals surface area contributed by atoms with E-state index in [-0.39, 0.29) is 12.5 Å². The molecule has 0 aliphatic carbocycles. The summed E-state index contributed by atoms with van der Waals surface area (Å²) in [6, 6.07) is 20.2. The van der Waals surface area contributed by atoms with Crippen molar-refractivity contribution < 1.29 is 19.4 Å². The Labute approximate surface area is 213 Å². The predicted molar refractivity (Wildman–Crippen MR) is 143 cm³/mol. The summed E-state index contributed by atoms with van der Waals surface area (Å²) < 4.78 is 5.38. The number of rotatable bonds is 6. The van der Waals surface area contributed by atoms with E-state index in [1.807, 2.05) is 42.5 Å². The van der Waals surface area contributed by atoms with Gasteiger partial charge in [-0.1, -0.05) is 24.3 Å². The number of nitrogens with one attached hydrogen (secondary N) is 2. The minimum Gasteiger partial charge on any atom is -0.444 e. The van der Waals surface area contributed by atoms with Crippen molar-refractivity contribution >= 4 is 34.7 Å². The summed E-state index contributed by atoms with van der Waals surface area (Å²) >= 11 is 1.46. The van der Waals surface area contributed by atoms with Gasteiger partial charge >= 0.3 is 6.09 Å². The largest absolute Gasteiger partial charge is 0.444 e. The maximum atomic E-state index is 13.1. The summed E-state index contributed by atoms with van der Waals surface area (Å²) in [5, 5.41) is 15.1. The van der Waals surface area contributed by atoms with Gasteiger partial charge in [-0.3, -0.25) is 15.1 Å². The summed E-state index contributed by atoms with van der Waals surface area (Å²) in [6.45, 7) is 5.30. The second kappa shape index (κ2) is 10.7. The number of nitrogens with zero attached hydrogens (tertiary/aromatic N) is 1. The zero-order valence-corrected chi connectivity index (χ0v) is 21.1. The first kappa shape index (κ1) is 25.1. The molecule has 3 N–H and O–H groups in total. The van der Waals surface area contributed by atoms with E-state index in [4.69, 9.17) is 4.74 Å². The highest BCUT2D eigenvalue weighted by Crippen LogP contribution is 2.34. The Morgan fingerprint density at radius 3 is 2.31 bits per heavy atom. The Morgan fingerprint density at radius 2 is 1.67 bits per heavy atom. The minimum absolute atomic E-state index is 0.0401. The lowest BCUT2D eigenvalue weighted by Gasteiger charge is -2.21. The van der Waals surface area contributed by atoms with Crippen LogP contribution in [0.2, 0.25) is 0 Å². The Balaban J connectivity index is 1.60. The van der Waals surface area contributed by atoms with Crippen molar-refractivity contribution in [3.63, 3.8) is 0 Å². The van der Waals surface area contributed by atoms with Crippen LogP contribution < -0.4 is 10.6 Å². The molecule has 4 rings (SSSR count). The number of thiophene rings is 1. The van der Waals surface area contributed by atoms with E-state index in [2.05, 4.69) is 15.6 Å². The molecule has 2 aromatic carbocycles. The summed E-state index contributed by atoms with van der Waals surface area (Å²) in [5.41, 5.74) is 3.39. The van der Waals surface area contributed by atoms with Gasteiger partial charge in [0.15, 0.2) is 0 Å². The molecule has 36 heavy (non-hydrogen) atoms. The van der Waals surface area contributed by atoms with E-state index in [1.165, 1.54) is 11.3 Å². The van der Waals surface area contributed by atoms with E-state index in [0.29, 0.717) is 16.9 Å². The number of aromatic nitrogens is 1. The van der Waals surface area contributed by atoms with Gasteiger partial charge in [-0.2, -0.15) is 0 Å². The normalized spacial score (nSPS) is 11.1. The lowest BCUT2D eigenvalue weighted by molar-refractivity contribution is 0.0635. The third-order valence-corrected chi connectivity index (χ3v) is 6.27. The average molecular weight is 502 g/mol. The van der Waals surface area contributed by atoms with Crippen LogP contribution in [0.15, 0.2) is 79.1 Å². The van der Waals surface area contributed by atoms with Crippen molar-refractivity contribution in [2.75, 3.05) is 10.6 Å². The molecule has 2 aromatic heterocycles.